The minimum atomic E-state index is -5.41. The van der Waals surface area contributed by atoms with Crippen molar-refractivity contribution < 1.29 is 76.1 Å². The molecule has 2 aliphatic rings. The van der Waals surface area contributed by atoms with Crippen LogP contribution in [0, 0.1) is 5.92 Å². The second-order valence-corrected chi connectivity index (χ2v) is 16.6. The molecule has 2 saturated heterocycles. The topological polar surface area (TPSA) is 377 Å². The van der Waals surface area contributed by atoms with E-state index in [1.54, 1.807) is 0 Å². The Morgan fingerprint density at radius 2 is 1.68 bits per heavy atom. The fourth-order valence-corrected chi connectivity index (χ4v) is 7.35. The van der Waals surface area contributed by atoms with E-state index in [0.717, 1.165) is 17.1 Å². The minimum absolute atomic E-state index is 0.0117. The summed E-state index contributed by atoms with van der Waals surface area (Å²) in [6.45, 7) is 5.45. The number of ether oxygens (including phenoxy) is 4. The maximum Gasteiger partial charge on any atom is 0.472 e. The average Bonchev–Trinajstić information content (AvgIpc) is 3.83. The molecule has 3 aromatic rings. The number of anilines is 2. The highest BCUT2D eigenvalue weighted by Crippen LogP contribution is 2.50. The maximum atomic E-state index is 13.7. The first kappa shape index (κ1) is 46.8. The number of hydrogen-bond donors (Lipinski definition) is 8. The van der Waals surface area contributed by atoms with Gasteiger partial charge in [-0.3, -0.25) is 27.5 Å². The number of carbonyl (C=O) groups excluding carboxylic acids is 2. The number of nitrogen functional groups attached to an aromatic ring is 2. The van der Waals surface area contributed by atoms with E-state index in [1.165, 1.54) is 23.0 Å². The number of hydrogen-bond acceptors (Lipinski definition) is 20. The van der Waals surface area contributed by atoms with E-state index in [2.05, 4.69) is 36.4 Å². The van der Waals surface area contributed by atoms with Crippen LogP contribution in [0.4, 0.5) is 11.6 Å². The minimum Gasteiger partial charge on any atom is -0.455 e. The van der Waals surface area contributed by atoms with Crippen LogP contribution in [0.25, 0.3) is 11.2 Å². The molecule has 0 bridgehead atoms. The normalized spacial score (nSPS) is 25.9. The second-order valence-electron chi connectivity index (χ2n) is 14.0. The predicted octanol–water partition coefficient (Wildman–Crippen LogP) is -1.20. The van der Waals surface area contributed by atoms with Gasteiger partial charge in [-0.1, -0.05) is 19.9 Å². The fraction of sp³-hybridized carbons (Fsp3) is 0.594. The number of nitrogens with one attached hydrogen (secondary N) is 1. The van der Waals surface area contributed by atoms with Crippen LogP contribution in [0.2, 0.25) is 0 Å². The van der Waals surface area contributed by atoms with Crippen molar-refractivity contribution in [2.24, 2.45) is 5.92 Å². The Hall–Kier alpha value is -4.27. The van der Waals surface area contributed by atoms with Crippen LogP contribution in [-0.4, -0.2) is 135 Å². The third kappa shape index (κ3) is 12.0. The third-order valence-corrected chi connectivity index (χ3v) is 10.5. The van der Waals surface area contributed by atoms with E-state index < -0.39 is 102 Å². The Kier molecular flexibility index (Phi) is 15.7. The summed E-state index contributed by atoms with van der Waals surface area (Å²) < 4.78 is 64.9. The second kappa shape index (κ2) is 20.1. The summed E-state index contributed by atoms with van der Waals surface area (Å²) in [5.74, 6) is -1.54. The summed E-state index contributed by atoms with van der Waals surface area (Å²) >= 11 is 0. The lowest BCUT2D eigenvalue weighted by Crippen LogP contribution is -2.48. The molecular weight excluding hydrogens is 844 g/mol. The number of nitrogens with zero attached hydrogens (tertiary/aromatic N) is 6. The highest BCUT2D eigenvalue weighted by Gasteiger charge is 2.52. The molecule has 10 atom stereocenters. The Morgan fingerprint density at radius 1 is 1.02 bits per heavy atom. The number of nitrogens with two attached hydrogens (primary N) is 2. The van der Waals surface area contributed by atoms with Gasteiger partial charge in [0.2, 0.25) is 5.91 Å². The molecule has 2 aliphatic heterocycles. The number of carbonyl (C=O) groups is 2. The first-order chi connectivity index (χ1) is 28.3. The number of aliphatic hydroxyl groups excluding tert-OH is 2. The van der Waals surface area contributed by atoms with E-state index >= 15 is 0 Å². The van der Waals surface area contributed by atoms with Crippen LogP contribution in [0.5, 0.6) is 0 Å². The molecule has 0 spiro atoms. The number of aromatic nitrogens is 6. The van der Waals surface area contributed by atoms with Crippen molar-refractivity contribution in [3.8, 4) is 0 Å². The van der Waals surface area contributed by atoms with Crippen molar-refractivity contribution in [3.05, 3.63) is 48.1 Å². The largest absolute Gasteiger partial charge is 0.472 e. The summed E-state index contributed by atoms with van der Waals surface area (Å²) in [5, 5.41) is 25.3. The zero-order valence-corrected chi connectivity index (χ0v) is 34.0. The van der Waals surface area contributed by atoms with Crippen LogP contribution >= 0.6 is 15.6 Å². The van der Waals surface area contributed by atoms with Gasteiger partial charge < -0.3 is 60.6 Å². The molecule has 3 aromatic heterocycles. The quantitative estimate of drug-likeness (QED) is 0.0269. The summed E-state index contributed by atoms with van der Waals surface area (Å²) in [6.07, 6.45) is -8.00. The fourth-order valence-electron chi connectivity index (χ4n) is 6.05. The molecule has 26 nitrogen and oxygen atoms in total. The lowest BCUT2D eigenvalue weighted by molar-refractivity contribution is -0.162. The SMILES string of the molecule is C=CCCC(=O)N[C@@H](COCCC(C)C)C(=O)O[C@H]1[C@@H](O)[C@H](n2cnc3c(N)ncnc32)O[C@@H]1COP(=O)(O)O[C@H]1[C@@H](O)[C@H](n2ccc(N)nc2=O)O[C@@H]1COP(=O)(O)O. The van der Waals surface area contributed by atoms with Gasteiger partial charge in [-0.15, -0.1) is 6.58 Å². The summed E-state index contributed by atoms with van der Waals surface area (Å²) in [6, 6.07) is -0.212. The molecule has 1 unspecified atom stereocenters. The predicted molar refractivity (Wildman–Crippen MR) is 203 cm³/mol. The molecule has 28 heteroatoms. The van der Waals surface area contributed by atoms with Crippen molar-refractivity contribution in [2.75, 3.05) is 37.9 Å². The molecule has 1 amide bonds. The van der Waals surface area contributed by atoms with Crippen LogP contribution in [0.3, 0.4) is 0 Å². The van der Waals surface area contributed by atoms with Crippen molar-refractivity contribution >= 4 is 50.3 Å². The molecule has 0 saturated carbocycles. The zero-order chi connectivity index (χ0) is 43.9. The van der Waals surface area contributed by atoms with Crippen molar-refractivity contribution in [2.45, 2.75) is 88.2 Å². The highest BCUT2D eigenvalue weighted by molar-refractivity contribution is 7.47. The van der Waals surface area contributed by atoms with Crippen LogP contribution < -0.4 is 22.5 Å². The Bertz CT molecular complexity index is 2140. The molecule has 5 heterocycles. The number of rotatable bonds is 21. The molecule has 0 aromatic carbocycles. The Morgan fingerprint density at radius 3 is 2.35 bits per heavy atom. The molecule has 0 aliphatic carbocycles. The third-order valence-electron chi connectivity index (χ3n) is 9.04. The first-order valence-corrected chi connectivity index (χ1v) is 21.3. The molecule has 5 rings (SSSR count). The van der Waals surface area contributed by atoms with E-state index in [9.17, 15) is 48.4 Å². The molecular formula is C32H47N9O17P2. The Balaban J connectivity index is 1.38. The van der Waals surface area contributed by atoms with Crippen molar-refractivity contribution in [1.29, 1.82) is 0 Å². The van der Waals surface area contributed by atoms with Crippen molar-refractivity contribution in [3.63, 3.8) is 0 Å². The maximum absolute atomic E-state index is 13.7. The standard InChI is InChI=1S/C32H47N9O17P2/c1-4-5-6-21(42)38-17(11-52-10-8-16(2)3)31(45)57-25-18(55-30(23(25)43)41-15-37-22-27(34)35-14-36-28(22)41)13-54-60(50,51)58-26-19(12-53-59(47,48)49)56-29(24(26)44)40-9-7-20(33)39-32(40)46/h4,7,9,14-19,23-26,29-30,43-44H,1,5-6,8,10-13H2,2-3H3,(H,38,42)(H,50,51)(H2,33,39,46)(H2,34,35,36)(H2,47,48,49)/t17-,18+,19+,23+,24+,25+,26+,29+,30+/m0/s1. The molecule has 332 valence electrons. The van der Waals surface area contributed by atoms with E-state index in [1.807, 2.05) is 13.8 Å². The number of amides is 1. The van der Waals surface area contributed by atoms with Gasteiger partial charge in [0.05, 0.1) is 26.1 Å². The number of aliphatic hydroxyl groups is 2. The number of phosphoric acid groups is 2. The average molecular weight is 892 g/mol. The smallest absolute Gasteiger partial charge is 0.455 e. The van der Waals surface area contributed by atoms with E-state index in [0.29, 0.717) is 12.8 Å². The lowest BCUT2D eigenvalue weighted by Gasteiger charge is -2.26. The number of esters is 1. The van der Waals surface area contributed by atoms with Gasteiger partial charge in [0.1, 0.15) is 48.2 Å². The number of phosphoric ester groups is 2. The monoisotopic (exact) mass is 891 g/mol. The van der Waals surface area contributed by atoms with Crippen LogP contribution in [0.1, 0.15) is 45.6 Å². The molecule has 10 N–H and O–H groups in total. The van der Waals surface area contributed by atoms with Crippen LogP contribution in [0.15, 0.2) is 42.4 Å². The molecule has 0 radical (unpaired) electrons. The van der Waals surface area contributed by atoms with Gasteiger partial charge >= 0.3 is 27.3 Å². The first-order valence-electron chi connectivity index (χ1n) is 18.3. The van der Waals surface area contributed by atoms with E-state index in [4.69, 9.17) is 39.5 Å². The number of imidazole rings is 1. The number of fused-ring (bicyclic) bond motifs is 1. The molecule has 2 fully saturated rings. The Labute approximate surface area is 340 Å². The van der Waals surface area contributed by atoms with Gasteiger partial charge in [-0.25, -0.2) is 33.7 Å². The van der Waals surface area contributed by atoms with E-state index in [-0.39, 0.29) is 48.4 Å². The van der Waals surface area contributed by atoms with Gasteiger partial charge in [0.15, 0.2) is 36.1 Å². The molecule has 60 heavy (non-hydrogen) atoms. The number of allylic oxidation sites excluding steroid dienone is 1. The van der Waals surface area contributed by atoms with Crippen LogP contribution in [-0.2, 0) is 51.2 Å². The van der Waals surface area contributed by atoms with Gasteiger partial charge in [-0.2, -0.15) is 4.98 Å². The van der Waals surface area contributed by atoms with Gasteiger partial charge in [-0.05, 0) is 24.8 Å². The van der Waals surface area contributed by atoms with Crippen molar-refractivity contribution in [1.82, 2.24) is 34.4 Å². The van der Waals surface area contributed by atoms with Gasteiger partial charge in [0, 0.05) is 19.2 Å². The highest BCUT2D eigenvalue weighted by atomic mass is 31.2. The lowest BCUT2D eigenvalue weighted by atomic mass is 10.1. The summed E-state index contributed by atoms with van der Waals surface area (Å²) in [4.78, 5) is 84.1. The zero-order valence-electron chi connectivity index (χ0n) is 32.2. The summed E-state index contributed by atoms with van der Waals surface area (Å²) in [5.41, 5.74) is 10.7. The summed E-state index contributed by atoms with van der Waals surface area (Å²) in [7, 11) is -10.6. The van der Waals surface area contributed by atoms with Gasteiger partial charge in [0.25, 0.3) is 0 Å².